The Morgan fingerprint density at radius 3 is 2.62 bits per heavy atom. The Labute approximate surface area is 130 Å². The molecule has 5 nitrogen and oxygen atoms in total. The summed E-state index contributed by atoms with van der Waals surface area (Å²) < 4.78 is 10.3. The fraction of sp³-hybridized carbons (Fsp3) is 0.143. The van der Waals surface area contributed by atoms with Crippen molar-refractivity contribution >= 4 is 29.2 Å². The van der Waals surface area contributed by atoms with Crippen LogP contribution in [0.4, 0.5) is 0 Å². The highest BCUT2D eigenvalue weighted by atomic mass is 35.5. The molecule has 1 aromatic carbocycles. The van der Waals surface area contributed by atoms with Crippen molar-refractivity contribution < 1.29 is 14.3 Å². The first-order chi connectivity index (χ1) is 10.0. The van der Waals surface area contributed by atoms with Crippen LogP contribution in [0.25, 0.3) is 0 Å². The molecule has 2 N–H and O–H groups in total. The number of benzene rings is 1. The van der Waals surface area contributed by atoms with Gasteiger partial charge in [-0.15, -0.1) is 0 Å². The van der Waals surface area contributed by atoms with Gasteiger partial charge >= 0.3 is 5.97 Å². The quantitative estimate of drug-likeness (QED) is 0.803. The van der Waals surface area contributed by atoms with Gasteiger partial charge in [0.25, 0.3) is 0 Å². The first-order valence-corrected chi connectivity index (χ1v) is 6.71. The average Bonchev–Trinajstić information content (AvgIpc) is 2.79. The average molecular weight is 323 g/mol. The summed E-state index contributed by atoms with van der Waals surface area (Å²) in [6, 6.07) is 6.89. The van der Waals surface area contributed by atoms with Crippen LogP contribution in [-0.2, 0) is 14.3 Å². The molecule has 0 amide bonds. The second-order valence-corrected chi connectivity index (χ2v) is 5.29. The Morgan fingerprint density at radius 1 is 1.33 bits per heavy atom. The van der Waals surface area contributed by atoms with Gasteiger partial charge in [-0.3, -0.25) is 0 Å². The molecule has 3 rings (SSSR count). The topological polar surface area (TPSA) is 85.3 Å². The molecule has 0 saturated heterocycles. The van der Waals surface area contributed by atoms with Crippen LogP contribution in [-0.4, -0.2) is 12.6 Å². The van der Waals surface area contributed by atoms with Crippen molar-refractivity contribution in [3.8, 4) is 6.07 Å². The van der Waals surface area contributed by atoms with E-state index < -0.39 is 11.9 Å². The molecule has 1 atom stereocenters. The van der Waals surface area contributed by atoms with Crippen LogP contribution in [0.1, 0.15) is 11.5 Å². The highest BCUT2D eigenvalue weighted by molar-refractivity contribution is 6.36. The summed E-state index contributed by atoms with van der Waals surface area (Å²) >= 11 is 12.4. The molecule has 2 aliphatic heterocycles. The third-order valence-corrected chi connectivity index (χ3v) is 4.00. The van der Waals surface area contributed by atoms with Gasteiger partial charge in [0.05, 0.1) is 11.5 Å². The van der Waals surface area contributed by atoms with E-state index in [4.69, 9.17) is 38.4 Å². The number of carbonyl (C=O) groups is 1. The van der Waals surface area contributed by atoms with Gasteiger partial charge in [0.15, 0.2) is 5.76 Å². The summed E-state index contributed by atoms with van der Waals surface area (Å²) in [5.74, 6) is -1.13. The molecule has 0 bridgehead atoms. The number of rotatable bonds is 1. The van der Waals surface area contributed by atoms with E-state index in [-0.39, 0.29) is 29.4 Å². The van der Waals surface area contributed by atoms with E-state index in [1.54, 1.807) is 18.2 Å². The van der Waals surface area contributed by atoms with Gasteiger partial charge in [0.1, 0.15) is 18.2 Å². The first kappa shape index (κ1) is 13.8. The van der Waals surface area contributed by atoms with Crippen LogP contribution < -0.4 is 5.73 Å². The van der Waals surface area contributed by atoms with Crippen LogP contribution in [0, 0.1) is 11.3 Å². The molecule has 1 aromatic rings. The monoisotopic (exact) mass is 322 g/mol. The van der Waals surface area contributed by atoms with Crippen LogP contribution in [0.15, 0.2) is 41.0 Å². The molecule has 0 radical (unpaired) electrons. The van der Waals surface area contributed by atoms with Crippen LogP contribution >= 0.6 is 23.2 Å². The minimum Gasteiger partial charge on any atom is -0.454 e. The zero-order valence-electron chi connectivity index (χ0n) is 10.5. The number of allylic oxidation sites excluding steroid dienone is 1. The summed E-state index contributed by atoms with van der Waals surface area (Å²) in [4.78, 5) is 12.0. The zero-order valence-corrected chi connectivity index (χ0v) is 12.0. The second-order valence-electron chi connectivity index (χ2n) is 4.47. The summed E-state index contributed by atoms with van der Waals surface area (Å²) in [6.07, 6.45) is 0. The normalized spacial score (nSPS) is 20.8. The van der Waals surface area contributed by atoms with Crippen molar-refractivity contribution in [2.45, 2.75) is 5.92 Å². The molecular weight excluding hydrogens is 315 g/mol. The van der Waals surface area contributed by atoms with E-state index in [1.807, 2.05) is 6.07 Å². The fourth-order valence-electron chi connectivity index (χ4n) is 2.43. The minimum atomic E-state index is -0.782. The number of nitriles is 1. The van der Waals surface area contributed by atoms with E-state index >= 15 is 0 Å². The van der Waals surface area contributed by atoms with E-state index in [9.17, 15) is 10.1 Å². The van der Waals surface area contributed by atoms with Crippen molar-refractivity contribution in [3.63, 3.8) is 0 Å². The SMILES string of the molecule is N#CC1=C(N)OC2=C(C(=O)OC2)[C@@H]1c1c(Cl)cccc1Cl. The number of carbonyl (C=O) groups excluding carboxylic acids is 1. The maximum absolute atomic E-state index is 12.0. The highest BCUT2D eigenvalue weighted by Gasteiger charge is 2.42. The molecule has 0 aromatic heterocycles. The molecule has 0 fully saturated rings. The lowest BCUT2D eigenvalue weighted by atomic mass is 9.83. The van der Waals surface area contributed by atoms with Gasteiger partial charge in [-0.1, -0.05) is 29.3 Å². The fourth-order valence-corrected chi connectivity index (χ4v) is 3.05. The van der Waals surface area contributed by atoms with Crippen LogP contribution in [0.2, 0.25) is 10.0 Å². The lowest BCUT2D eigenvalue weighted by molar-refractivity contribution is -0.136. The zero-order chi connectivity index (χ0) is 15.1. The lowest BCUT2D eigenvalue weighted by Gasteiger charge is -2.24. The molecular formula is C14H8Cl2N2O3. The van der Waals surface area contributed by atoms with Crippen molar-refractivity contribution in [2.24, 2.45) is 5.73 Å². The molecule has 0 unspecified atom stereocenters. The van der Waals surface area contributed by atoms with Gasteiger partial charge in [0, 0.05) is 15.6 Å². The molecule has 21 heavy (non-hydrogen) atoms. The summed E-state index contributed by atoms with van der Waals surface area (Å²) in [5.41, 5.74) is 6.51. The van der Waals surface area contributed by atoms with Crippen molar-refractivity contribution in [1.29, 1.82) is 5.26 Å². The Kier molecular flexibility index (Phi) is 3.28. The number of esters is 1. The Hall–Kier alpha value is -2.16. The number of halogens is 2. The minimum absolute atomic E-state index is 0.0217. The molecule has 0 spiro atoms. The van der Waals surface area contributed by atoms with E-state index in [0.717, 1.165) is 0 Å². The molecule has 0 aliphatic carbocycles. The third-order valence-electron chi connectivity index (χ3n) is 3.34. The molecule has 0 saturated carbocycles. The molecule has 2 aliphatic rings. The summed E-state index contributed by atoms with van der Waals surface area (Å²) in [7, 11) is 0. The van der Waals surface area contributed by atoms with Gasteiger partial charge in [-0.25, -0.2) is 4.79 Å². The number of nitrogens with zero attached hydrogens (tertiary/aromatic N) is 1. The van der Waals surface area contributed by atoms with Crippen LogP contribution in [0.3, 0.4) is 0 Å². The summed E-state index contributed by atoms with van der Waals surface area (Å²) in [6.45, 7) is -0.0217. The van der Waals surface area contributed by atoms with Gasteiger partial charge < -0.3 is 15.2 Å². The predicted octanol–water partition coefficient (Wildman–Crippen LogP) is 2.61. The molecule has 106 valence electrons. The maximum Gasteiger partial charge on any atom is 0.339 e. The number of nitrogens with two attached hydrogens (primary N) is 1. The third kappa shape index (κ3) is 2.04. The maximum atomic E-state index is 12.0. The predicted molar refractivity (Wildman–Crippen MR) is 75.1 cm³/mol. The van der Waals surface area contributed by atoms with Gasteiger partial charge in [0.2, 0.25) is 5.88 Å². The van der Waals surface area contributed by atoms with E-state index in [2.05, 4.69) is 0 Å². The Balaban J connectivity index is 2.27. The van der Waals surface area contributed by atoms with Gasteiger partial charge in [-0.2, -0.15) is 5.26 Å². The van der Waals surface area contributed by atoms with Gasteiger partial charge in [-0.05, 0) is 12.1 Å². The molecule has 7 heteroatoms. The Morgan fingerprint density at radius 2 is 2.00 bits per heavy atom. The highest BCUT2D eigenvalue weighted by Crippen LogP contribution is 2.46. The van der Waals surface area contributed by atoms with Crippen molar-refractivity contribution in [1.82, 2.24) is 0 Å². The summed E-state index contributed by atoms with van der Waals surface area (Å²) in [5, 5.41) is 10.0. The number of hydrogen-bond acceptors (Lipinski definition) is 5. The first-order valence-electron chi connectivity index (χ1n) is 5.96. The smallest absolute Gasteiger partial charge is 0.339 e. The number of ether oxygens (including phenoxy) is 2. The number of hydrogen-bond donors (Lipinski definition) is 1. The standard InChI is InChI=1S/C14H8Cl2N2O3/c15-7-2-1-3-8(16)11(7)10-6(4-17)13(18)21-9-5-20-14(19)12(9)10/h1-3,10H,5,18H2/t10-/m0/s1. The van der Waals surface area contributed by atoms with Crippen molar-refractivity contribution in [2.75, 3.05) is 6.61 Å². The molecule has 2 heterocycles. The number of cyclic esters (lactones) is 1. The van der Waals surface area contributed by atoms with Crippen molar-refractivity contribution in [3.05, 3.63) is 56.6 Å². The van der Waals surface area contributed by atoms with E-state index in [0.29, 0.717) is 15.6 Å². The largest absolute Gasteiger partial charge is 0.454 e. The van der Waals surface area contributed by atoms with E-state index in [1.165, 1.54) is 0 Å². The Bertz CT molecular complexity index is 742. The second kappa shape index (κ2) is 4.99. The van der Waals surface area contributed by atoms with Crippen LogP contribution in [0.5, 0.6) is 0 Å². The lowest BCUT2D eigenvalue weighted by Crippen LogP contribution is -2.22.